The second-order valence-corrected chi connectivity index (χ2v) is 9.05. The molecule has 23 heavy (non-hydrogen) atoms. The third-order valence-electron chi connectivity index (χ3n) is 4.93. The third kappa shape index (κ3) is 3.57. The van der Waals surface area contributed by atoms with Crippen LogP contribution in [0.25, 0.3) is 0 Å². The minimum atomic E-state index is -3.09. The van der Waals surface area contributed by atoms with Crippen LogP contribution in [-0.2, 0) is 19.4 Å². The predicted molar refractivity (Wildman–Crippen MR) is 85.6 cm³/mol. The van der Waals surface area contributed by atoms with E-state index in [2.05, 4.69) is 12.0 Å². The van der Waals surface area contributed by atoms with E-state index in [0.717, 1.165) is 25.9 Å². The Morgan fingerprint density at radius 1 is 1.17 bits per heavy atom. The molecular weight excluding hydrogens is 318 g/mol. The van der Waals surface area contributed by atoms with Crippen molar-refractivity contribution in [2.24, 2.45) is 11.0 Å². The van der Waals surface area contributed by atoms with Crippen molar-refractivity contribution in [1.29, 1.82) is 0 Å². The van der Waals surface area contributed by atoms with Crippen LogP contribution in [0.1, 0.15) is 39.0 Å². The molecule has 2 saturated heterocycles. The number of hydrogen-bond donors (Lipinski definition) is 0. The standard InChI is InChI=1S/C15H23N3O4S/c1-11-4-7-17(8-5-11)15(20)13-2-3-14(19)18(16-13)12-6-9-23(21,22)10-12/h11-12H,2-10H2,1H3/t12-/m1/s1. The minimum absolute atomic E-state index is 0.0507. The quantitative estimate of drug-likeness (QED) is 0.728. The molecule has 0 bridgehead atoms. The fraction of sp³-hybridized carbons (Fsp3) is 0.800. The zero-order valence-corrected chi connectivity index (χ0v) is 14.2. The molecule has 0 spiro atoms. The van der Waals surface area contributed by atoms with Crippen molar-refractivity contribution in [2.75, 3.05) is 24.6 Å². The average Bonchev–Trinajstić information content (AvgIpc) is 2.88. The average molecular weight is 341 g/mol. The molecule has 0 aromatic heterocycles. The van der Waals surface area contributed by atoms with E-state index >= 15 is 0 Å². The monoisotopic (exact) mass is 341 g/mol. The van der Waals surface area contributed by atoms with Gasteiger partial charge in [-0.25, -0.2) is 13.4 Å². The van der Waals surface area contributed by atoms with Crippen LogP contribution in [0.5, 0.6) is 0 Å². The lowest BCUT2D eigenvalue weighted by molar-refractivity contribution is -0.134. The fourth-order valence-electron chi connectivity index (χ4n) is 3.37. The van der Waals surface area contributed by atoms with Crippen LogP contribution in [0, 0.1) is 5.92 Å². The van der Waals surface area contributed by atoms with Gasteiger partial charge in [0.25, 0.3) is 5.91 Å². The molecule has 3 aliphatic heterocycles. The highest BCUT2D eigenvalue weighted by atomic mass is 32.2. The maximum Gasteiger partial charge on any atom is 0.270 e. The SMILES string of the molecule is CC1CCN(C(=O)C2=NN([C@@H]3CCS(=O)(=O)C3)C(=O)CC2)CC1. The molecule has 3 aliphatic rings. The molecule has 0 radical (unpaired) electrons. The first-order valence-corrected chi connectivity index (χ1v) is 10.1. The molecule has 0 unspecified atom stereocenters. The fourth-order valence-corrected chi connectivity index (χ4v) is 5.07. The Labute approximate surface area is 136 Å². The van der Waals surface area contributed by atoms with Gasteiger partial charge >= 0.3 is 0 Å². The molecule has 0 aromatic carbocycles. The number of sulfone groups is 1. The van der Waals surface area contributed by atoms with E-state index in [1.54, 1.807) is 4.90 Å². The summed E-state index contributed by atoms with van der Waals surface area (Å²) in [5, 5.41) is 5.51. The van der Waals surface area contributed by atoms with Crippen LogP contribution in [0.2, 0.25) is 0 Å². The number of carbonyl (C=O) groups is 2. The maximum atomic E-state index is 12.6. The summed E-state index contributed by atoms with van der Waals surface area (Å²) in [5.74, 6) is 0.384. The lowest BCUT2D eigenvalue weighted by atomic mass is 9.98. The zero-order chi connectivity index (χ0) is 16.6. The molecule has 1 atom stereocenters. The topological polar surface area (TPSA) is 87.1 Å². The van der Waals surface area contributed by atoms with Gasteiger partial charge in [-0.1, -0.05) is 6.92 Å². The van der Waals surface area contributed by atoms with Gasteiger partial charge in [0, 0.05) is 25.9 Å². The lowest BCUT2D eigenvalue weighted by Crippen LogP contribution is -2.46. The molecule has 0 N–H and O–H groups in total. The molecule has 7 nitrogen and oxygen atoms in total. The number of hydrogen-bond acceptors (Lipinski definition) is 5. The van der Waals surface area contributed by atoms with Crippen molar-refractivity contribution in [3.63, 3.8) is 0 Å². The first-order valence-electron chi connectivity index (χ1n) is 8.25. The Morgan fingerprint density at radius 2 is 1.87 bits per heavy atom. The third-order valence-corrected chi connectivity index (χ3v) is 6.68. The van der Waals surface area contributed by atoms with Gasteiger partial charge in [0.1, 0.15) is 5.71 Å². The van der Waals surface area contributed by atoms with Gasteiger partial charge in [0.15, 0.2) is 9.84 Å². The number of hydrazone groups is 1. The number of likely N-dealkylation sites (tertiary alicyclic amines) is 1. The largest absolute Gasteiger partial charge is 0.338 e. The van der Waals surface area contributed by atoms with Crippen molar-refractivity contribution in [1.82, 2.24) is 9.91 Å². The van der Waals surface area contributed by atoms with E-state index in [0.29, 0.717) is 24.5 Å². The van der Waals surface area contributed by atoms with Crippen LogP contribution in [0.15, 0.2) is 5.10 Å². The number of carbonyl (C=O) groups excluding carboxylic acids is 2. The van der Waals surface area contributed by atoms with E-state index in [-0.39, 0.29) is 29.7 Å². The Hall–Kier alpha value is -1.44. The summed E-state index contributed by atoms with van der Waals surface area (Å²) in [6, 6.07) is -0.419. The highest BCUT2D eigenvalue weighted by molar-refractivity contribution is 7.91. The summed E-state index contributed by atoms with van der Waals surface area (Å²) >= 11 is 0. The molecule has 3 heterocycles. The summed E-state index contributed by atoms with van der Waals surface area (Å²) in [7, 11) is -3.09. The summed E-state index contributed by atoms with van der Waals surface area (Å²) in [5.41, 5.74) is 0.392. The number of amides is 2. The molecule has 2 fully saturated rings. The molecule has 0 aliphatic carbocycles. The van der Waals surface area contributed by atoms with Crippen LogP contribution in [-0.4, -0.2) is 66.5 Å². The van der Waals surface area contributed by atoms with Gasteiger partial charge < -0.3 is 4.90 Å². The normalized spacial score (nSPS) is 28.8. The Bertz CT molecular complexity index is 635. The number of rotatable bonds is 2. The Morgan fingerprint density at radius 3 is 2.48 bits per heavy atom. The van der Waals surface area contributed by atoms with Gasteiger partial charge in [0.05, 0.1) is 17.5 Å². The molecule has 128 valence electrons. The lowest BCUT2D eigenvalue weighted by Gasteiger charge is -2.33. The predicted octanol–water partition coefficient (Wildman–Crippen LogP) is 0.410. The number of piperidine rings is 1. The first kappa shape index (κ1) is 16.4. The molecule has 8 heteroatoms. The van der Waals surface area contributed by atoms with Crippen LogP contribution >= 0.6 is 0 Å². The highest BCUT2D eigenvalue weighted by Gasteiger charge is 2.38. The molecule has 3 rings (SSSR count). The first-order chi connectivity index (χ1) is 10.9. The smallest absolute Gasteiger partial charge is 0.270 e. The van der Waals surface area contributed by atoms with Crippen LogP contribution in [0.4, 0.5) is 0 Å². The van der Waals surface area contributed by atoms with Gasteiger partial charge in [-0.3, -0.25) is 9.59 Å². The van der Waals surface area contributed by atoms with Crippen molar-refractivity contribution in [3.05, 3.63) is 0 Å². The molecule has 0 saturated carbocycles. The van der Waals surface area contributed by atoms with Crippen LogP contribution < -0.4 is 0 Å². The van der Waals surface area contributed by atoms with Crippen molar-refractivity contribution >= 4 is 27.4 Å². The summed E-state index contributed by atoms with van der Waals surface area (Å²) in [4.78, 5) is 26.5. The summed E-state index contributed by atoms with van der Waals surface area (Å²) < 4.78 is 23.2. The van der Waals surface area contributed by atoms with E-state index in [9.17, 15) is 18.0 Å². The van der Waals surface area contributed by atoms with Crippen molar-refractivity contribution in [2.45, 2.75) is 45.1 Å². The number of nitrogens with zero attached hydrogens (tertiary/aromatic N) is 3. The van der Waals surface area contributed by atoms with Gasteiger partial charge in [-0.15, -0.1) is 0 Å². The second-order valence-electron chi connectivity index (χ2n) is 6.82. The summed E-state index contributed by atoms with van der Waals surface area (Å²) in [6.45, 7) is 3.64. The van der Waals surface area contributed by atoms with E-state index in [1.807, 2.05) is 0 Å². The van der Waals surface area contributed by atoms with Crippen LogP contribution in [0.3, 0.4) is 0 Å². The second kappa shape index (κ2) is 6.22. The Balaban J connectivity index is 1.73. The van der Waals surface area contributed by atoms with Crippen molar-refractivity contribution < 1.29 is 18.0 Å². The zero-order valence-electron chi connectivity index (χ0n) is 13.4. The molecule has 2 amide bonds. The van der Waals surface area contributed by atoms with Crippen molar-refractivity contribution in [3.8, 4) is 0 Å². The maximum absolute atomic E-state index is 12.6. The summed E-state index contributed by atoms with van der Waals surface area (Å²) in [6.07, 6.45) is 2.95. The molecule has 0 aromatic rings. The van der Waals surface area contributed by atoms with Gasteiger partial charge in [-0.2, -0.15) is 5.10 Å². The van der Waals surface area contributed by atoms with E-state index in [1.165, 1.54) is 5.01 Å². The van der Waals surface area contributed by atoms with Gasteiger partial charge in [-0.05, 0) is 25.2 Å². The highest BCUT2D eigenvalue weighted by Crippen LogP contribution is 2.23. The minimum Gasteiger partial charge on any atom is -0.338 e. The van der Waals surface area contributed by atoms with Gasteiger partial charge in [0.2, 0.25) is 5.91 Å². The molecular formula is C15H23N3O4S. The van der Waals surface area contributed by atoms with E-state index in [4.69, 9.17) is 0 Å². The van der Waals surface area contributed by atoms with E-state index < -0.39 is 15.9 Å². The Kier molecular flexibility index (Phi) is 4.44.